The molecule has 1 aromatic carbocycles. The fourth-order valence-corrected chi connectivity index (χ4v) is 2.87. The number of hydrogen-bond acceptors (Lipinski definition) is 4. The van der Waals surface area contributed by atoms with Crippen LogP contribution in [0, 0.1) is 5.92 Å². The second-order valence-corrected chi connectivity index (χ2v) is 6.34. The predicted molar refractivity (Wildman–Crippen MR) is 77.4 cm³/mol. The number of anilines is 1. The van der Waals surface area contributed by atoms with Crippen LogP contribution in [0.4, 0.5) is 5.69 Å². The Hall–Kier alpha value is -1.43. The number of nitrogen functional groups attached to an aromatic ring is 1. The maximum absolute atomic E-state index is 5.93. The van der Waals surface area contributed by atoms with E-state index < -0.39 is 0 Å². The Morgan fingerprint density at radius 1 is 1.37 bits per heavy atom. The largest absolute Gasteiger partial charge is 0.398 e. The highest BCUT2D eigenvalue weighted by Gasteiger charge is 2.41. The molecule has 0 saturated heterocycles. The van der Waals surface area contributed by atoms with Crippen molar-refractivity contribution in [3.63, 3.8) is 0 Å². The molecule has 0 radical (unpaired) electrons. The molecule has 100 valence electrons. The standard InChI is InChI=1S/C13H16BrN5/c1-13(2,8-6-7-8)19-12(16-17-18-19)9-4-3-5-10(15)11(9)14/h3-5,8H,6-7,15H2,1-2H3. The van der Waals surface area contributed by atoms with E-state index in [9.17, 15) is 0 Å². The maximum atomic E-state index is 5.93. The lowest BCUT2D eigenvalue weighted by atomic mass is 9.98. The van der Waals surface area contributed by atoms with E-state index in [0.717, 1.165) is 15.9 Å². The van der Waals surface area contributed by atoms with Gasteiger partial charge in [0.1, 0.15) is 0 Å². The summed E-state index contributed by atoms with van der Waals surface area (Å²) in [5.41, 5.74) is 7.49. The first-order valence-electron chi connectivity index (χ1n) is 6.35. The van der Waals surface area contributed by atoms with Crippen molar-refractivity contribution in [2.75, 3.05) is 5.73 Å². The van der Waals surface area contributed by atoms with Gasteiger partial charge < -0.3 is 5.73 Å². The molecule has 0 bridgehead atoms. The Balaban J connectivity index is 2.12. The molecule has 1 aliphatic carbocycles. The lowest BCUT2D eigenvalue weighted by Crippen LogP contribution is -2.30. The van der Waals surface area contributed by atoms with Crippen LogP contribution >= 0.6 is 15.9 Å². The van der Waals surface area contributed by atoms with Crippen LogP contribution in [0.15, 0.2) is 22.7 Å². The summed E-state index contributed by atoms with van der Waals surface area (Å²) < 4.78 is 2.77. The van der Waals surface area contributed by atoms with Crippen molar-refractivity contribution in [2.24, 2.45) is 5.92 Å². The van der Waals surface area contributed by atoms with Gasteiger partial charge in [0.05, 0.1) is 10.0 Å². The molecule has 1 aromatic heterocycles. The summed E-state index contributed by atoms with van der Waals surface area (Å²) in [6.45, 7) is 4.37. The van der Waals surface area contributed by atoms with Crippen molar-refractivity contribution in [3.8, 4) is 11.4 Å². The smallest absolute Gasteiger partial charge is 0.183 e. The molecular formula is C13H16BrN5. The van der Waals surface area contributed by atoms with Gasteiger partial charge in [-0.2, -0.15) is 0 Å². The quantitative estimate of drug-likeness (QED) is 0.882. The fraction of sp³-hybridized carbons (Fsp3) is 0.462. The zero-order chi connectivity index (χ0) is 13.6. The SMILES string of the molecule is CC(C)(C1CC1)n1nnnc1-c1cccc(N)c1Br. The molecule has 2 N–H and O–H groups in total. The number of aromatic nitrogens is 4. The third-order valence-corrected chi connectivity index (χ3v) is 4.75. The van der Waals surface area contributed by atoms with Crippen LogP contribution < -0.4 is 5.73 Å². The molecule has 1 heterocycles. The molecule has 0 amide bonds. The first kappa shape index (κ1) is 12.6. The van der Waals surface area contributed by atoms with E-state index >= 15 is 0 Å². The fourth-order valence-electron chi connectivity index (χ4n) is 2.43. The molecule has 5 nitrogen and oxygen atoms in total. The number of nitrogens with two attached hydrogens (primary N) is 1. The molecule has 0 aliphatic heterocycles. The molecule has 0 unspecified atom stereocenters. The van der Waals surface area contributed by atoms with Crippen LogP contribution in [0.5, 0.6) is 0 Å². The van der Waals surface area contributed by atoms with Crippen LogP contribution in [-0.4, -0.2) is 20.2 Å². The number of tetrazole rings is 1. The van der Waals surface area contributed by atoms with Gasteiger partial charge in [0.25, 0.3) is 0 Å². The van der Waals surface area contributed by atoms with Gasteiger partial charge in [-0.1, -0.05) is 6.07 Å². The molecule has 1 aliphatic rings. The van der Waals surface area contributed by atoms with Crippen LogP contribution in [0.2, 0.25) is 0 Å². The highest BCUT2D eigenvalue weighted by atomic mass is 79.9. The van der Waals surface area contributed by atoms with E-state index in [4.69, 9.17) is 5.73 Å². The summed E-state index contributed by atoms with van der Waals surface area (Å²) in [7, 11) is 0. The van der Waals surface area contributed by atoms with Crippen molar-refractivity contribution in [2.45, 2.75) is 32.2 Å². The average molecular weight is 322 g/mol. The first-order valence-corrected chi connectivity index (χ1v) is 7.14. The normalized spacial score (nSPS) is 15.7. The molecule has 1 saturated carbocycles. The third kappa shape index (κ3) is 2.04. The van der Waals surface area contributed by atoms with Gasteiger partial charge in [-0.05, 0) is 71.1 Å². The molecule has 6 heteroatoms. The van der Waals surface area contributed by atoms with Crippen LogP contribution in [0.1, 0.15) is 26.7 Å². The van der Waals surface area contributed by atoms with Gasteiger partial charge in [-0.3, -0.25) is 0 Å². The number of benzene rings is 1. The van der Waals surface area contributed by atoms with Gasteiger partial charge in [0.15, 0.2) is 5.82 Å². The third-order valence-electron chi connectivity index (χ3n) is 3.86. The molecular weight excluding hydrogens is 306 g/mol. The summed E-state index contributed by atoms with van der Waals surface area (Å²) in [5, 5.41) is 12.2. The Labute approximate surface area is 120 Å². The topological polar surface area (TPSA) is 69.6 Å². The Kier molecular flexibility index (Phi) is 2.85. The van der Waals surface area contributed by atoms with Crippen molar-refractivity contribution in [3.05, 3.63) is 22.7 Å². The predicted octanol–water partition coefficient (Wildman–Crippen LogP) is 2.83. The van der Waals surface area contributed by atoms with Crippen molar-refractivity contribution < 1.29 is 0 Å². The second-order valence-electron chi connectivity index (χ2n) is 5.55. The van der Waals surface area contributed by atoms with E-state index in [1.807, 2.05) is 22.9 Å². The minimum atomic E-state index is -0.0666. The van der Waals surface area contributed by atoms with Gasteiger partial charge in [-0.25, -0.2) is 4.68 Å². The number of halogens is 1. The summed E-state index contributed by atoms with van der Waals surface area (Å²) in [4.78, 5) is 0. The van der Waals surface area contributed by atoms with E-state index in [-0.39, 0.29) is 5.54 Å². The average Bonchev–Trinajstić information content (AvgIpc) is 3.12. The Morgan fingerprint density at radius 3 is 2.79 bits per heavy atom. The van der Waals surface area contributed by atoms with E-state index in [0.29, 0.717) is 11.6 Å². The Morgan fingerprint density at radius 2 is 2.11 bits per heavy atom. The van der Waals surface area contributed by atoms with E-state index in [1.165, 1.54) is 12.8 Å². The zero-order valence-corrected chi connectivity index (χ0v) is 12.6. The number of rotatable bonds is 3. The van der Waals surface area contributed by atoms with Crippen molar-refractivity contribution in [1.29, 1.82) is 0 Å². The van der Waals surface area contributed by atoms with Crippen LogP contribution in [0.3, 0.4) is 0 Å². The zero-order valence-electron chi connectivity index (χ0n) is 11.0. The lowest BCUT2D eigenvalue weighted by Gasteiger charge is -2.25. The van der Waals surface area contributed by atoms with Gasteiger partial charge in [-0.15, -0.1) is 5.10 Å². The summed E-state index contributed by atoms with van der Waals surface area (Å²) in [6.07, 6.45) is 2.48. The highest BCUT2D eigenvalue weighted by molar-refractivity contribution is 9.10. The van der Waals surface area contributed by atoms with Gasteiger partial charge >= 0.3 is 0 Å². The van der Waals surface area contributed by atoms with E-state index in [1.54, 1.807) is 0 Å². The number of nitrogens with zero attached hydrogens (tertiary/aromatic N) is 4. The molecule has 3 rings (SSSR count). The lowest BCUT2D eigenvalue weighted by molar-refractivity contribution is 0.271. The minimum absolute atomic E-state index is 0.0666. The summed E-state index contributed by atoms with van der Waals surface area (Å²) in [6, 6.07) is 5.75. The molecule has 0 spiro atoms. The molecule has 0 atom stereocenters. The molecule has 2 aromatic rings. The van der Waals surface area contributed by atoms with Gasteiger partial charge in [0, 0.05) is 11.3 Å². The minimum Gasteiger partial charge on any atom is -0.398 e. The van der Waals surface area contributed by atoms with Crippen LogP contribution in [-0.2, 0) is 5.54 Å². The highest BCUT2D eigenvalue weighted by Crippen LogP contribution is 2.45. The van der Waals surface area contributed by atoms with E-state index in [2.05, 4.69) is 45.3 Å². The molecule has 1 fully saturated rings. The number of hydrogen-bond donors (Lipinski definition) is 1. The molecule has 19 heavy (non-hydrogen) atoms. The van der Waals surface area contributed by atoms with Crippen LogP contribution in [0.25, 0.3) is 11.4 Å². The Bertz CT molecular complexity index is 615. The maximum Gasteiger partial charge on any atom is 0.183 e. The van der Waals surface area contributed by atoms with Crippen molar-refractivity contribution >= 4 is 21.6 Å². The first-order chi connectivity index (χ1) is 9.01. The monoisotopic (exact) mass is 321 g/mol. The van der Waals surface area contributed by atoms with Gasteiger partial charge in [0.2, 0.25) is 0 Å². The van der Waals surface area contributed by atoms with Crippen molar-refractivity contribution in [1.82, 2.24) is 20.2 Å². The second kappa shape index (κ2) is 4.30. The summed E-state index contributed by atoms with van der Waals surface area (Å²) >= 11 is 3.52. The summed E-state index contributed by atoms with van der Waals surface area (Å²) in [5.74, 6) is 1.41.